The van der Waals surface area contributed by atoms with Crippen molar-refractivity contribution < 1.29 is 10.0 Å². The van der Waals surface area contributed by atoms with Crippen LogP contribution >= 0.6 is 0 Å². The maximum absolute atomic E-state index is 12.2. The normalized spacial score (nSPS) is 52.5. The SMILES string of the molecule is CC(=O)C1CC[C@H]2[C@@H]3CC[C@H]4C/C(=N\O)CCC4(C)[C@H]3CCC12C. The van der Waals surface area contributed by atoms with Crippen LogP contribution in [0.25, 0.3) is 0 Å². The minimum absolute atomic E-state index is 0.266. The lowest BCUT2D eigenvalue weighted by Crippen LogP contribution is -2.53. The second kappa shape index (κ2) is 5.57. The van der Waals surface area contributed by atoms with Crippen molar-refractivity contribution in [1.82, 2.24) is 0 Å². The van der Waals surface area contributed by atoms with Crippen LogP contribution in [-0.2, 0) is 4.79 Å². The molecule has 0 aliphatic heterocycles. The number of fused-ring (bicyclic) bond motifs is 5. The van der Waals surface area contributed by atoms with E-state index in [0.29, 0.717) is 23.0 Å². The Bertz CT molecular complexity index is 570. The van der Waals surface area contributed by atoms with Crippen LogP contribution in [-0.4, -0.2) is 16.7 Å². The van der Waals surface area contributed by atoms with Crippen molar-refractivity contribution in [1.29, 1.82) is 0 Å². The largest absolute Gasteiger partial charge is 0.411 e. The third-order valence-electron chi connectivity index (χ3n) is 9.13. The molecule has 0 heterocycles. The average Bonchev–Trinajstić information content (AvgIpc) is 2.91. The molecule has 0 aromatic carbocycles. The minimum atomic E-state index is 0.266. The van der Waals surface area contributed by atoms with E-state index in [1.807, 2.05) is 6.92 Å². The molecule has 1 N–H and O–H groups in total. The molecule has 4 rings (SSSR count). The van der Waals surface area contributed by atoms with E-state index in [9.17, 15) is 10.0 Å². The van der Waals surface area contributed by atoms with Crippen molar-refractivity contribution >= 4 is 11.5 Å². The van der Waals surface area contributed by atoms with Crippen LogP contribution < -0.4 is 0 Å². The molecule has 4 saturated carbocycles. The Balaban J connectivity index is 1.61. The molecule has 7 atom stereocenters. The molecule has 3 unspecified atom stereocenters. The quantitative estimate of drug-likeness (QED) is 0.539. The van der Waals surface area contributed by atoms with Crippen molar-refractivity contribution in [2.45, 2.75) is 78.6 Å². The minimum Gasteiger partial charge on any atom is -0.411 e. The van der Waals surface area contributed by atoms with Gasteiger partial charge >= 0.3 is 0 Å². The maximum Gasteiger partial charge on any atom is 0.133 e. The summed E-state index contributed by atoms with van der Waals surface area (Å²) in [5.41, 5.74) is 1.71. The Morgan fingerprint density at radius 1 is 1.04 bits per heavy atom. The highest BCUT2D eigenvalue weighted by atomic mass is 16.4. The van der Waals surface area contributed by atoms with Crippen LogP contribution in [0.5, 0.6) is 0 Å². The highest BCUT2D eigenvalue weighted by Crippen LogP contribution is 2.67. The van der Waals surface area contributed by atoms with Gasteiger partial charge < -0.3 is 5.21 Å². The summed E-state index contributed by atoms with van der Waals surface area (Å²) < 4.78 is 0. The lowest BCUT2D eigenvalue weighted by molar-refractivity contribution is -0.131. The second-order valence-electron chi connectivity index (χ2n) is 9.81. The number of nitrogens with zero attached hydrogens (tertiary/aromatic N) is 1. The van der Waals surface area contributed by atoms with E-state index in [2.05, 4.69) is 19.0 Å². The molecule has 0 aromatic rings. The molecule has 4 aliphatic rings. The maximum atomic E-state index is 12.2. The van der Waals surface area contributed by atoms with E-state index in [4.69, 9.17) is 0 Å². The topological polar surface area (TPSA) is 49.7 Å². The fourth-order valence-electron chi connectivity index (χ4n) is 7.82. The fourth-order valence-corrected chi connectivity index (χ4v) is 7.82. The molecule has 3 nitrogen and oxygen atoms in total. The smallest absolute Gasteiger partial charge is 0.133 e. The molecule has 0 radical (unpaired) electrons. The van der Waals surface area contributed by atoms with Crippen molar-refractivity contribution in [3.8, 4) is 0 Å². The highest BCUT2D eigenvalue weighted by molar-refractivity contribution is 5.85. The van der Waals surface area contributed by atoms with Gasteiger partial charge in [0.05, 0.1) is 5.71 Å². The lowest BCUT2D eigenvalue weighted by Gasteiger charge is -2.60. The Labute approximate surface area is 146 Å². The van der Waals surface area contributed by atoms with Gasteiger partial charge in [0.15, 0.2) is 0 Å². The van der Waals surface area contributed by atoms with Crippen LogP contribution in [0.1, 0.15) is 78.6 Å². The zero-order chi connectivity index (χ0) is 17.1. The van der Waals surface area contributed by atoms with Gasteiger partial charge in [-0.1, -0.05) is 19.0 Å². The summed E-state index contributed by atoms with van der Waals surface area (Å²) >= 11 is 0. The molecule has 134 valence electrons. The fraction of sp³-hybridized carbons (Fsp3) is 0.905. The van der Waals surface area contributed by atoms with Gasteiger partial charge in [0.25, 0.3) is 0 Å². The number of ketones is 1. The number of Topliss-reactive ketones (excluding diaryl/α,β-unsaturated/α-hetero) is 1. The first-order valence-electron chi connectivity index (χ1n) is 10.1. The number of oxime groups is 1. The Morgan fingerprint density at radius 2 is 1.79 bits per heavy atom. The molecule has 0 saturated heterocycles. The van der Waals surface area contributed by atoms with Gasteiger partial charge in [0.1, 0.15) is 5.78 Å². The van der Waals surface area contributed by atoms with E-state index >= 15 is 0 Å². The average molecular weight is 332 g/mol. The third-order valence-corrected chi connectivity index (χ3v) is 9.13. The predicted octanol–water partition coefficient (Wildman–Crippen LogP) is 5.06. The summed E-state index contributed by atoms with van der Waals surface area (Å²) in [5.74, 6) is 3.85. The highest BCUT2D eigenvalue weighted by Gasteiger charge is 2.60. The van der Waals surface area contributed by atoms with Gasteiger partial charge in [-0.25, -0.2) is 0 Å². The first-order chi connectivity index (χ1) is 11.4. The van der Waals surface area contributed by atoms with Crippen LogP contribution in [0.3, 0.4) is 0 Å². The van der Waals surface area contributed by atoms with E-state index in [0.717, 1.165) is 42.7 Å². The van der Waals surface area contributed by atoms with Gasteiger partial charge in [-0.15, -0.1) is 0 Å². The molecule has 0 amide bonds. The van der Waals surface area contributed by atoms with Crippen LogP contribution in [0.2, 0.25) is 0 Å². The van der Waals surface area contributed by atoms with Crippen LogP contribution in [0.15, 0.2) is 5.16 Å². The number of carbonyl (C=O) groups is 1. The Hall–Kier alpha value is -0.860. The van der Waals surface area contributed by atoms with Gasteiger partial charge in [0, 0.05) is 5.92 Å². The summed E-state index contributed by atoms with van der Waals surface area (Å²) in [5, 5.41) is 12.7. The van der Waals surface area contributed by atoms with Crippen LogP contribution in [0.4, 0.5) is 0 Å². The van der Waals surface area contributed by atoms with Gasteiger partial charge in [0.2, 0.25) is 0 Å². The van der Waals surface area contributed by atoms with Gasteiger partial charge in [-0.2, -0.15) is 0 Å². The van der Waals surface area contributed by atoms with Gasteiger partial charge in [-0.05, 0) is 99.2 Å². The molecule has 3 heteroatoms. The summed E-state index contributed by atoms with van der Waals surface area (Å²) in [7, 11) is 0. The number of hydrogen-bond acceptors (Lipinski definition) is 3. The molecule has 24 heavy (non-hydrogen) atoms. The molecule has 4 aliphatic carbocycles. The lowest BCUT2D eigenvalue weighted by atomic mass is 9.44. The molecule has 4 fully saturated rings. The summed E-state index contributed by atoms with van der Waals surface area (Å²) in [6, 6.07) is 0. The molecule has 0 bridgehead atoms. The standard InChI is InChI=1S/C21H33NO2/c1-13(23)17-6-7-18-16-5-4-14-12-15(22-24)8-10-20(14,2)19(16)9-11-21(17,18)3/h14,16-19,24H,4-12H2,1-3H3/b22-15-/t14-,16-,17?,18-,19-,20?,21?/m0/s1. The predicted molar refractivity (Wildman–Crippen MR) is 95.1 cm³/mol. The monoisotopic (exact) mass is 331 g/mol. The second-order valence-corrected chi connectivity index (χ2v) is 9.81. The number of hydrogen-bond donors (Lipinski definition) is 1. The van der Waals surface area contributed by atoms with Crippen molar-refractivity contribution in [3.63, 3.8) is 0 Å². The molecular weight excluding hydrogens is 298 g/mol. The van der Waals surface area contributed by atoms with E-state index in [-0.39, 0.29) is 5.41 Å². The summed E-state index contributed by atoms with van der Waals surface area (Å²) in [6.07, 6.45) is 10.7. The van der Waals surface area contributed by atoms with Crippen molar-refractivity contribution in [3.05, 3.63) is 0 Å². The first-order valence-corrected chi connectivity index (χ1v) is 10.1. The summed E-state index contributed by atoms with van der Waals surface area (Å²) in [4.78, 5) is 12.2. The van der Waals surface area contributed by atoms with Gasteiger partial charge in [-0.3, -0.25) is 4.79 Å². The third kappa shape index (κ3) is 2.15. The summed E-state index contributed by atoms with van der Waals surface area (Å²) in [6.45, 7) is 6.78. The molecule has 0 aromatic heterocycles. The van der Waals surface area contributed by atoms with Crippen molar-refractivity contribution in [2.24, 2.45) is 45.6 Å². The molecule has 0 spiro atoms. The number of rotatable bonds is 1. The Morgan fingerprint density at radius 3 is 2.50 bits per heavy atom. The van der Waals surface area contributed by atoms with E-state index < -0.39 is 0 Å². The first kappa shape index (κ1) is 16.6. The number of carbonyl (C=O) groups excluding carboxylic acids is 1. The van der Waals surface area contributed by atoms with E-state index in [1.54, 1.807) is 0 Å². The molecular formula is C21H33NO2. The van der Waals surface area contributed by atoms with Crippen LogP contribution in [0, 0.1) is 40.4 Å². The zero-order valence-electron chi connectivity index (χ0n) is 15.6. The Kier molecular flexibility index (Phi) is 3.85. The van der Waals surface area contributed by atoms with Crippen molar-refractivity contribution in [2.75, 3.05) is 0 Å². The zero-order valence-corrected chi connectivity index (χ0v) is 15.6. The van der Waals surface area contributed by atoms with E-state index in [1.165, 1.54) is 38.5 Å².